The fraction of sp³-hybridized carbons (Fsp3) is 0.455. The van der Waals surface area contributed by atoms with Crippen molar-refractivity contribution in [2.75, 3.05) is 13.6 Å². The van der Waals surface area contributed by atoms with Crippen molar-refractivity contribution >= 4 is 16.8 Å². The number of H-pyrrole nitrogens is 2. The summed E-state index contributed by atoms with van der Waals surface area (Å²) in [4.78, 5) is 20.9. The molecule has 0 atom stereocenters. The Morgan fingerprint density at radius 1 is 1.36 bits per heavy atom. The van der Waals surface area contributed by atoms with Crippen LogP contribution in [0.15, 0.2) is 24.3 Å². The van der Waals surface area contributed by atoms with Gasteiger partial charge in [0.05, 0.1) is 5.69 Å². The molecule has 5 rings (SSSR count). The predicted molar refractivity (Wildman–Crippen MR) is 109 cm³/mol. The molecule has 2 aliphatic rings. The van der Waals surface area contributed by atoms with E-state index in [9.17, 15) is 4.79 Å². The number of aromatic nitrogens is 3. The van der Waals surface area contributed by atoms with E-state index >= 15 is 0 Å². The van der Waals surface area contributed by atoms with Crippen molar-refractivity contribution in [3.8, 4) is 0 Å². The van der Waals surface area contributed by atoms with E-state index < -0.39 is 0 Å². The number of hydrogen-bond acceptors (Lipinski definition) is 3. The van der Waals surface area contributed by atoms with E-state index in [0.717, 1.165) is 42.5 Å². The van der Waals surface area contributed by atoms with E-state index in [1.165, 1.54) is 29.7 Å². The lowest BCUT2D eigenvalue weighted by molar-refractivity contribution is 0.0728. The normalized spacial score (nSPS) is 16.8. The summed E-state index contributed by atoms with van der Waals surface area (Å²) in [5.41, 5.74) is 6.47. The number of aromatic amines is 2. The number of rotatable bonds is 5. The fourth-order valence-corrected chi connectivity index (χ4v) is 4.35. The summed E-state index contributed by atoms with van der Waals surface area (Å²) in [5, 5.41) is 8.92. The van der Waals surface area contributed by atoms with Gasteiger partial charge in [-0.3, -0.25) is 14.8 Å². The zero-order valence-corrected chi connectivity index (χ0v) is 16.6. The van der Waals surface area contributed by atoms with E-state index in [4.69, 9.17) is 0 Å². The zero-order valence-electron chi connectivity index (χ0n) is 16.6. The number of carbonyl (C=O) groups excluding carboxylic acids is 1. The maximum absolute atomic E-state index is 13.2. The van der Waals surface area contributed by atoms with Crippen LogP contribution in [-0.4, -0.2) is 50.5 Å². The molecule has 0 radical (unpaired) electrons. The molecule has 0 spiro atoms. The van der Waals surface area contributed by atoms with E-state index in [1.54, 1.807) is 0 Å². The predicted octanol–water partition coefficient (Wildman–Crippen LogP) is 3.25. The van der Waals surface area contributed by atoms with Gasteiger partial charge in [-0.1, -0.05) is 19.1 Å². The standard InChI is InChI=1S/C22H27N5O/c1-3-14-5-4-6-18-16(14)11-20(23-18)22(28)27-10-9-19-17(12-27)21(25-24-19)13-26(2)15-7-8-15/h4-6,11,15,23H,3,7-10,12-13H2,1-2H3,(H,24,25). The fourth-order valence-electron chi connectivity index (χ4n) is 4.35. The lowest BCUT2D eigenvalue weighted by Crippen LogP contribution is -2.36. The number of carbonyl (C=O) groups is 1. The van der Waals surface area contributed by atoms with Crippen molar-refractivity contribution in [2.24, 2.45) is 0 Å². The molecule has 3 heterocycles. The van der Waals surface area contributed by atoms with Gasteiger partial charge in [0.2, 0.25) is 0 Å². The van der Waals surface area contributed by atoms with E-state index in [2.05, 4.69) is 40.1 Å². The highest BCUT2D eigenvalue weighted by Gasteiger charge is 2.30. The average molecular weight is 377 g/mol. The van der Waals surface area contributed by atoms with Crippen molar-refractivity contribution in [2.45, 2.75) is 51.7 Å². The first-order valence-electron chi connectivity index (χ1n) is 10.3. The van der Waals surface area contributed by atoms with Crippen LogP contribution in [-0.2, 0) is 25.9 Å². The summed E-state index contributed by atoms with van der Waals surface area (Å²) in [6.07, 6.45) is 4.37. The minimum Gasteiger partial charge on any atom is -0.351 e. The second kappa shape index (κ2) is 6.78. The summed E-state index contributed by atoms with van der Waals surface area (Å²) in [5.74, 6) is 0.0756. The minimum absolute atomic E-state index is 0.0756. The SMILES string of the molecule is CCc1cccc2[nH]c(C(=O)N3CCc4[nH]nc(CN(C)C5CC5)c4C3)cc12. The molecule has 146 valence electrons. The lowest BCUT2D eigenvalue weighted by Gasteiger charge is -2.27. The van der Waals surface area contributed by atoms with Crippen LogP contribution in [0, 0.1) is 0 Å². The Labute approximate surface area is 164 Å². The summed E-state index contributed by atoms with van der Waals surface area (Å²) < 4.78 is 0. The van der Waals surface area contributed by atoms with Crippen LogP contribution in [0.25, 0.3) is 10.9 Å². The van der Waals surface area contributed by atoms with Crippen LogP contribution in [0.2, 0.25) is 0 Å². The summed E-state index contributed by atoms with van der Waals surface area (Å²) in [7, 11) is 2.17. The Bertz CT molecular complexity index is 1030. The van der Waals surface area contributed by atoms with Crippen molar-refractivity contribution in [3.05, 3.63) is 52.5 Å². The second-order valence-corrected chi connectivity index (χ2v) is 8.17. The van der Waals surface area contributed by atoms with Gasteiger partial charge in [-0.25, -0.2) is 0 Å². The number of fused-ring (bicyclic) bond motifs is 2. The monoisotopic (exact) mass is 377 g/mol. The molecule has 1 aliphatic heterocycles. The lowest BCUT2D eigenvalue weighted by atomic mass is 10.0. The molecule has 0 saturated heterocycles. The van der Waals surface area contributed by atoms with Gasteiger partial charge in [0.25, 0.3) is 5.91 Å². The molecule has 1 aliphatic carbocycles. The maximum atomic E-state index is 13.2. The Morgan fingerprint density at radius 3 is 3.00 bits per heavy atom. The third-order valence-electron chi connectivity index (χ3n) is 6.24. The third kappa shape index (κ3) is 3.02. The number of aryl methyl sites for hydroxylation is 1. The first kappa shape index (κ1) is 17.5. The van der Waals surface area contributed by atoms with Gasteiger partial charge in [-0.15, -0.1) is 0 Å². The van der Waals surface area contributed by atoms with Crippen LogP contribution in [0.1, 0.15) is 52.8 Å². The minimum atomic E-state index is 0.0756. The Morgan fingerprint density at radius 2 is 2.21 bits per heavy atom. The zero-order chi connectivity index (χ0) is 19.3. The highest BCUT2D eigenvalue weighted by Crippen LogP contribution is 2.29. The molecule has 3 aromatic rings. The van der Waals surface area contributed by atoms with E-state index in [1.807, 2.05) is 23.1 Å². The molecular formula is C22H27N5O. The summed E-state index contributed by atoms with van der Waals surface area (Å²) in [6.45, 7) is 4.36. The van der Waals surface area contributed by atoms with Crippen LogP contribution in [0.4, 0.5) is 0 Å². The molecule has 1 fully saturated rings. The summed E-state index contributed by atoms with van der Waals surface area (Å²) >= 11 is 0. The number of nitrogens with zero attached hydrogens (tertiary/aromatic N) is 3. The van der Waals surface area contributed by atoms with E-state index in [-0.39, 0.29) is 5.91 Å². The molecule has 28 heavy (non-hydrogen) atoms. The quantitative estimate of drug-likeness (QED) is 0.717. The van der Waals surface area contributed by atoms with Gasteiger partial charge in [-0.05, 0) is 44.0 Å². The van der Waals surface area contributed by atoms with Gasteiger partial charge in [0.1, 0.15) is 5.69 Å². The Kier molecular flexibility index (Phi) is 4.23. The maximum Gasteiger partial charge on any atom is 0.270 e. The first-order valence-corrected chi connectivity index (χ1v) is 10.3. The van der Waals surface area contributed by atoms with Gasteiger partial charge < -0.3 is 9.88 Å². The van der Waals surface area contributed by atoms with Crippen LogP contribution < -0.4 is 0 Å². The number of nitrogens with one attached hydrogen (secondary N) is 2. The summed E-state index contributed by atoms with van der Waals surface area (Å²) in [6, 6.07) is 8.94. The highest BCUT2D eigenvalue weighted by molar-refractivity contribution is 5.99. The van der Waals surface area contributed by atoms with Crippen LogP contribution in [0.3, 0.4) is 0 Å². The molecule has 1 saturated carbocycles. The average Bonchev–Trinajstić information content (AvgIpc) is 3.37. The van der Waals surface area contributed by atoms with E-state index in [0.29, 0.717) is 18.3 Å². The number of amides is 1. The van der Waals surface area contributed by atoms with Crippen LogP contribution >= 0.6 is 0 Å². The van der Waals surface area contributed by atoms with Crippen molar-refractivity contribution in [1.29, 1.82) is 0 Å². The van der Waals surface area contributed by atoms with Gasteiger partial charge in [-0.2, -0.15) is 5.10 Å². The van der Waals surface area contributed by atoms with Gasteiger partial charge >= 0.3 is 0 Å². The molecule has 2 aromatic heterocycles. The molecule has 2 N–H and O–H groups in total. The smallest absolute Gasteiger partial charge is 0.270 e. The van der Waals surface area contributed by atoms with Gasteiger partial charge in [0.15, 0.2) is 0 Å². The molecule has 6 heteroatoms. The molecule has 1 aromatic carbocycles. The molecular weight excluding hydrogens is 350 g/mol. The molecule has 0 bridgehead atoms. The first-order chi connectivity index (χ1) is 13.6. The third-order valence-corrected chi connectivity index (χ3v) is 6.24. The number of hydrogen-bond donors (Lipinski definition) is 2. The van der Waals surface area contributed by atoms with Crippen molar-refractivity contribution in [1.82, 2.24) is 25.0 Å². The molecule has 0 unspecified atom stereocenters. The Balaban J connectivity index is 1.38. The number of benzene rings is 1. The van der Waals surface area contributed by atoms with Gasteiger partial charge in [0, 0.05) is 54.3 Å². The Hall–Kier alpha value is -2.60. The topological polar surface area (TPSA) is 68.0 Å². The second-order valence-electron chi connectivity index (χ2n) is 8.17. The molecule has 1 amide bonds. The molecule has 6 nitrogen and oxygen atoms in total. The largest absolute Gasteiger partial charge is 0.351 e. The van der Waals surface area contributed by atoms with Crippen LogP contribution in [0.5, 0.6) is 0 Å². The van der Waals surface area contributed by atoms with Crippen molar-refractivity contribution < 1.29 is 4.79 Å². The van der Waals surface area contributed by atoms with Crippen molar-refractivity contribution in [3.63, 3.8) is 0 Å². The highest BCUT2D eigenvalue weighted by atomic mass is 16.2.